The van der Waals surface area contributed by atoms with Crippen LogP contribution in [-0.4, -0.2) is 46.7 Å². The van der Waals surface area contributed by atoms with Gasteiger partial charge in [0.2, 0.25) is 15.9 Å². The number of benzene rings is 3. The van der Waals surface area contributed by atoms with E-state index < -0.39 is 32.5 Å². The first-order valence-corrected chi connectivity index (χ1v) is 14.5. The molecule has 1 N–H and O–H groups in total. The summed E-state index contributed by atoms with van der Waals surface area (Å²) in [6.07, 6.45) is 0. The topological polar surface area (TPSA) is 104 Å². The molecule has 0 unspecified atom stereocenters. The third-order valence-corrected chi connectivity index (χ3v) is 9.61. The lowest BCUT2D eigenvalue weighted by Crippen LogP contribution is -2.38. The Morgan fingerprint density at radius 1 is 0.833 bits per heavy atom. The Hall–Kier alpha value is -2.92. The summed E-state index contributed by atoms with van der Waals surface area (Å²) in [5, 5.41) is 2.98. The molecule has 192 valence electrons. The van der Waals surface area contributed by atoms with Gasteiger partial charge in [0, 0.05) is 23.8 Å². The molecule has 0 saturated carbocycles. The van der Waals surface area contributed by atoms with E-state index in [-0.39, 0.29) is 15.5 Å². The highest BCUT2D eigenvalue weighted by Crippen LogP contribution is 2.29. The molecule has 3 aromatic rings. The lowest BCUT2D eigenvalue weighted by molar-refractivity contribution is -0.114. The molecule has 0 radical (unpaired) electrons. The SMILES string of the molecule is CCN(CC)S(=O)(=O)c1ccc(NC(=O)CN(c2cc(Cl)ccc2C)S(=O)(=O)c2ccccc2)cc1. The molecular formula is C25H28ClN3O5S2. The molecule has 0 saturated heterocycles. The lowest BCUT2D eigenvalue weighted by Gasteiger charge is -2.26. The largest absolute Gasteiger partial charge is 0.325 e. The Kier molecular flexibility index (Phi) is 8.78. The molecule has 11 heteroatoms. The first-order valence-electron chi connectivity index (χ1n) is 11.2. The average molecular weight is 550 g/mol. The average Bonchev–Trinajstić information content (AvgIpc) is 2.85. The van der Waals surface area contributed by atoms with Gasteiger partial charge in [0.25, 0.3) is 10.0 Å². The van der Waals surface area contributed by atoms with E-state index in [1.54, 1.807) is 51.1 Å². The zero-order chi connectivity index (χ0) is 26.5. The molecular weight excluding hydrogens is 522 g/mol. The Labute approximate surface area is 217 Å². The molecule has 36 heavy (non-hydrogen) atoms. The molecule has 0 fully saturated rings. The van der Waals surface area contributed by atoms with Gasteiger partial charge in [-0.1, -0.05) is 49.7 Å². The molecule has 0 aromatic heterocycles. The Morgan fingerprint density at radius 2 is 1.42 bits per heavy atom. The van der Waals surface area contributed by atoms with Crippen molar-refractivity contribution in [2.45, 2.75) is 30.6 Å². The quantitative estimate of drug-likeness (QED) is 0.400. The van der Waals surface area contributed by atoms with Crippen molar-refractivity contribution in [1.29, 1.82) is 0 Å². The fraction of sp³-hybridized carbons (Fsp3) is 0.240. The smallest absolute Gasteiger partial charge is 0.264 e. The lowest BCUT2D eigenvalue weighted by atomic mass is 10.2. The number of nitrogens with zero attached hydrogens (tertiary/aromatic N) is 2. The highest BCUT2D eigenvalue weighted by Gasteiger charge is 2.28. The van der Waals surface area contributed by atoms with E-state index in [1.165, 1.54) is 46.8 Å². The minimum atomic E-state index is -4.09. The minimum absolute atomic E-state index is 0.0307. The number of carbonyl (C=O) groups excluding carboxylic acids is 1. The molecule has 0 bridgehead atoms. The summed E-state index contributed by atoms with van der Waals surface area (Å²) in [6, 6.07) is 18.4. The Balaban J connectivity index is 1.89. The number of aryl methyl sites for hydroxylation is 1. The fourth-order valence-corrected chi connectivity index (χ4v) is 6.75. The molecule has 0 spiro atoms. The number of carbonyl (C=O) groups is 1. The van der Waals surface area contributed by atoms with E-state index in [4.69, 9.17) is 11.6 Å². The fourth-order valence-electron chi connectivity index (χ4n) is 3.62. The van der Waals surface area contributed by atoms with Crippen molar-refractivity contribution in [2.24, 2.45) is 0 Å². The van der Waals surface area contributed by atoms with E-state index in [1.807, 2.05) is 0 Å². The Morgan fingerprint density at radius 3 is 2.00 bits per heavy atom. The van der Waals surface area contributed by atoms with Crippen molar-refractivity contribution >= 4 is 48.9 Å². The summed E-state index contributed by atoms with van der Waals surface area (Å²) >= 11 is 6.14. The molecule has 0 atom stereocenters. The van der Waals surface area contributed by atoms with Crippen LogP contribution in [0.4, 0.5) is 11.4 Å². The summed E-state index contributed by atoms with van der Waals surface area (Å²) in [5.74, 6) is -0.603. The van der Waals surface area contributed by atoms with Crippen LogP contribution in [0, 0.1) is 6.92 Å². The molecule has 0 aliphatic rings. The van der Waals surface area contributed by atoms with Gasteiger partial charge in [-0.15, -0.1) is 0 Å². The van der Waals surface area contributed by atoms with E-state index in [2.05, 4.69) is 5.32 Å². The summed E-state index contributed by atoms with van der Waals surface area (Å²) in [4.78, 5) is 13.1. The van der Waals surface area contributed by atoms with Crippen molar-refractivity contribution in [3.05, 3.63) is 83.4 Å². The van der Waals surface area contributed by atoms with Gasteiger partial charge < -0.3 is 5.32 Å². The molecule has 3 rings (SSSR count). The second-order valence-corrected chi connectivity index (χ2v) is 12.2. The third-order valence-electron chi connectivity index (χ3n) is 5.54. The number of amides is 1. The van der Waals surface area contributed by atoms with E-state index in [9.17, 15) is 21.6 Å². The maximum Gasteiger partial charge on any atom is 0.264 e. The first kappa shape index (κ1) is 27.7. The highest BCUT2D eigenvalue weighted by atomic mass is 35.5. The molecule has 3 aromatic carbocycles. The van der Waals surface area contributed by atoms with Crippen molar-refractivity contribution in [2.75, 3.05) is 29.3 Å². The van der Waals surface area contributed by atoms with Gasteiger partial charge in [0.15, 0.2) is 0 Å². The maximum atomic E-state index is 13.5. The van der Waals surface area contributed by atoms with E-state index in [0.29, 0.717) is 29.4 Å². The molecule has 0 heterocycles. The predicted octanol–water partition coefficient (Wildman–Crippen LogP) is 4.51. The minimum Gasteiger partial charge on any atom is -0.325 e. The number of nitrogens with one attached hydrogen (secondary N) is 1. The van der Waals surface area contributed by atoms with Crippen LogP contribution in [0.15, 0.2) is 82.6 Å². The van der Waals surface area contributed by atoms with Crippen LogP contribution in [-0.2, 0) is 24.8 Å². The van der Waals surface area contributed by atoms with Crippen molar-refractivity contribution < 1.29 is 21.6 Å². The van der Waals surface area contributed by atoms with Gasteiger partial charge in [-0.3, -0.25) is 9.10 Å². The maximum absolute atomic E-state index is 13.5. The number of hydrogen-bond donors (Lipinski definition) is 1. The van der Waals surface area contributed by atoms with Gasteiger partial charge in [-0.25, -0.2) is 16.8 Å². The van der Waals surface area contributed by atoms with Crippen LogP contribution in [0.3, 0.4) is 0 Å². The number of sulfonamides is 2. The molecule has 1 amide bonds. The third kappa shape index (κ3) is 6.07. The second-order valence-electron chi connectivity index (χ2n) is 7.92. The van der Waals surface area contributed by atoms with Crippen LogP contribution in [0.5, 0.6) is 0 Å². The highest BCUT2D eigenvalue weighted by molar-refractivity contribution is 7.92. The van der Waals surface area contributed by atoms with Gasteiger partial charge in [-0.2, -0.15) is 4.31 Å². The molecule has 0 aliphatic carbocycles. The number of rotatable bonds is 10. The molecule has 0 aliphatic heterocycles. The zero-order valence-electron chi connectivity index (χ0n) is 20.2. The van der Waals surface area contributed by atoms with Gasteiger partial charge in [-0.05, 0) is 61.0 Å². The van der Waals surface area contributed by atoms with Crippen LogP contribution in [0.1, 0.15) is 19.4 Å². The van der Waals surface area contributed by atoms with Gasteiger partial charge >= 0.3 is 0 Å². The predicted molar refractivity (Wildman–Crippen MR) is 142 cm³/mol. The van der Waals surface area contributed by atoms with E-state index >= 15 is 0 Å². The number of anilines is 2. The van der Waals surface area contributed by atoms with Crippen molar-refractivity contribution in [1.82, 2.24) is 4.31 Å². The monoisotopic (exact) mass is 549 g/mol. The van der Waals surface area contributed by atoms with Gasteiger partial charge in [0.1, 0.15) is 6.54 Å². The summed E-state index contributed by atoms with van der Waals surface area (Å²) in [6.45, 7) is 5.40. The van der Waals surface area contributed by atoms with E-state index in [0.717, 1.165) is 4.31 Å². The summed E-state index contributed by atoms with van der Waals surface area (Å²) in [5.41, 5.74) is 1.23. The van der Waals surface area contributed by atoms with Crippen LogP contribution in [0.25, 0.3) is 0 Å². The van der Waals surface area contributed by atoms with Crippen molar-refractivity contribution in [3.63, 3.8) is 0 Å². The summed E-state index contributed by atoms with van der Waals surface area (Å²) < 4.78 is 54.7. The summed E-state index contributed by atoms with van der Waals surface area (Å²) in [7, 11) is -7.73. The second kappa shape index (κ2) is 11.4. The van der Waals surface area contributed by atoms with Crippen molar-refractivity contribution in [3.8, 4) is 0 Å². The van der Waals surface area contributed by atoms with Crippen LogP contribution < -0.4 is 9.62 Å². The normalized spacial score (nSPS) is 11.9. The number of halogens is 1. The number of hydrogen-bond acceptors (Lipinski definition) is 5. The standard InChI is InChI=1S/C25H28ClN3O5S2/c1-4-28(5-2)35(31,32)23-15-13-21(14-16-23)27-25(30)18-29(24-17-20(26)12-11-19(24)3)36(33,34)22-9-7-6-8-10-22/h6-17H,4-5,18H2,1-3H3,(H,27,30). The zero-order valence-corrected chi connectivity index (χ0v) is 22.6. The first-order chi connectivity index (χ1) is 17.0. The van der Waals surface area contributed by atoms with Gasteiger partial charge in [0.05, 0.1) is 15.5 Å². The molecule has 8 nitrogen and oxygen atoms in total. The Bertz CT molecular complexity index is 1420. The van der Waals surface area contributed by atoms with Crippen LogP contribution in [0.2, 0.25) is 5.02 Å². The van der Waals surface area contributed by atoms with Crippen LogP contribution >= 0.6 is 11.6 Å².